The average molecular weight is 353 g/mol. The number of hydrogen-bond donors (Lipinski definition) is 1. The zero-order valence-electron chi connectivity index (χ0n) is 15.0. The number of benzene rings is 2. The fourth-order valence-corrected chi connectivity index (χ4v) is 2.88. The van der Waals surface area contributed by atoms with Crippen molar-refractivity contribution in [1.29, 1.82) is 0 Å². The van der Waals surface area contributed by atoms with E-state index >= 15 is 0 Å². The number of pyridine rings is 1. The van der Waals surface area contributed by atoms with Crippen molar-refractivity contribution in [3.05, 3.63) is 90.4 Å². The molecule has 0 amide bonds. The molecule has 0 fully saturated rings. The number of fused-ring (bicyclic) bond motifs is 1. The van der Waals surface area contributed by atoms with Gasteiger partial charge >= 0.3 is 0 Å². The van der Waals surface area contributed by atoms with Gasteiger partial charge in [0.05, 0.1) is 11.2 Å². The van der Waals surface area contributed by atoms with E-state index in [1.807, 2.05) is 47.3 Å². The SMILES string of the molecule is CC#Cc1cc(Nn2ccc3cc(OCc4ccccc4)ccc32)ccn1. The van der Waals surface area contributed by atoms with E-state index in [2.05, 4.69) is 52.6 Å². The fourth-order valence-electron chi connectivity index (χ4n) is 2.88. The van der Waals surface area contributed by atoms with Crippen LogP contribution in [0.15, 0.2) is 79.1 Å². The highest BCUT2D eigenvalue weighted by atomic mass is 16.5. The topological polar surface area (TPSA) is 39.1 Å². The highest BCUT2D eigenvalue weighted by Gasteiger charge is 2.04. The summed E-state index contributed by atoms with van der Waals surface area (Å²) in [7, 11) is 0. The summed E-state index contributed by atoms with van der Waals surface area (Å²) in [6.45, 7) is 2.36. The number of nitrogens with one attached hydrogen (secondary N) is 1. The number of ether oxygens (including phenoxy) is 1. The van der Waals surface area contributed by atoms with Crippen LogP contribution in [0.1, 0.15) is 18.2 Å². The molecule has 2 heterocycles. The molecule has 0 aliphatic carbocycles. The van der Waals surface area contributed by atoms with Gasteiger partial charge in [-0.1, -0.05) is 36.3 Å². The van der Waals surface area contributed by atoms with Crippen LogP contribution in [-0.4, -0.2) is 9.66 Å². The Labute approximate surface area is 158 Å². The molecule has 0 atom stereocenters. The largest absolute Gasteiger partial charge is 0.489 e. The van der Waals surface area contributed by atoms with Crippen LogP contribution in [0.2, 0.25) is 0 Å². The molecule has 0 unspecified atom stereocenters. The minimum Gasteiger partial charge on any atom is -0.489 e. The predicted octanol–water partition coefficient (Wildman–Crippen LogP) is 4.86. The Morgan fingerprint density at radius 3 is 2.78 bits per heavy atom. The van der Waals surface area contributed by atoms with Gasteiger partial charge in [0, 0.05) is 17.8 Å². The Kier molecular flexibility index (Phi) is 4.76. The summed E-state index contributed by atoms with van der Waals surface area (Å²) in [6.07, 6.45) is 3.75. The van der Waals surface area contributed by atoms with Crippen LogP contribution in [0.25, 0.3) is 10.9 Å². The Morgan fingerprint density at radius 1 is 1.04 bits per heavy atom. The van der Waals surface area contributed by atoms with Crippen LogP contribution < -0.4 is 10.2 Å². The molecule has 4 nitrogen and oxygen atoms in total. The number of nitrogens with zero attached hydrogens (tertiary/aromatic N) is 2. The lowest BCUT2D eigenvalue weighted by molar-refractivity contribution is 0.306. The molecule has 132 valence electrons. The summed E-state index contributed by atoms with van der Waals surface area (Å²) in [4.78, 5) is 4.24. The van der Waals surface area contributed by atoms with Crippen molar-refractivity contribution in [2.24, 2.45) is 0 Å². The van der Waals surface area contributed by atoms with Crippen LogP contribution in [0.3, 0.4) is 0 Å². The second kappa shape index (κ2) is 7.67. The van der Waals surface area contributed by atoms with Gasteiger partial charge in [-0.2, -0.15) is 0 Å². The average Bonchev–Trinajstić information content (AvgIpc) is 3.10. The van der Waals surface area contributed by atoms with Crippen LogP contribution in [0.4, 0.5) is 5.69 Å². The molecular weight excluding hydrogens is 334 g/mol. The number of aromatic nitrogens is 2. The first-order valence-electron chi connectivity index (χ1n) is 8.75. The Hall–Kier alpha value is -3.71. The molecule has 4 heteroatoms. The Morgan fingerprint density at radius 2 is 1.93 bits per heavy atom. The molecule has 1 N–H and O–H groups in total. The summed E-state index contributed by atoms with van der Waals surface area (Å²) < 4.78 is 7.90. The van der Waals surface area contributed by atoms with Crippen molar-refractivity contribution in [3.8, 4) is 17.6 Å². The van der Waals surface area contributed by atoms with E-state index in [1.165, 1.54) is 0 Å². The summed E-state index contributed by atoms with van der Waals surface area (Å²) in [5.41, 5.74) is 7.28. The highest BCUT2D eigenvalue weighted by molar-refractivity contribution is 5.82. The molecule has 2 aromatic carbocycles. The number of rotatable bonds is 5. The summed E-state index contributed by atoms with van der Waals surface area (Å²) >= 11 is 0. The lowest BCUT2D eigenvalue weighted by Gasteiger charge is -2.10. The molecule has 4 rings (SSSR count). The summed E-state index contributed by atoms with van der Waals surface area (Å²) in [5, 5.41) is 1.11. The molecule has 0 spiro atoms. The molecule has 4 aromatic rings. The Balaban J connectivity index is 1.52. The third-order valence-corrected chi connectivity index (χ3v) is 4.17. The molecule has 0 aliphatic heterocycles. The molecule has 0 saturated heterocycles. The van der Waals surface area contributed by atoms with Gasteiger partial charge in [-0.3, -0.25) is 10.1 Å². The predicted molar refractivity (Wildman–Crippen MR) is 109 cm³/mol. The van der Waals surface area contributed by atoms with E-state index in [-0.39, 0.29) is 0 Å². The first kappa shape index (κ1) is 16.7. The van der Waals surface area contributed by atoms with Crippen molar-refractivity contribution in [1.82, 2.24) is 9.66 Å². The van der Waals surface area contributed by atoms with E-state index < -0.39 is 0 Å². The van der Waals surface area contributed by atoms with Crippen molar-refractivity contribution < 1.29 is 4.74 Å². The molecule has 0 bridgehead atoms. The fraction of sp³-hybridized carbons (Fsp3) is 0.0870. The summed E-state index contributed by atoms with van der Waals surface area (Å²) in [5.74, 6) is 6.70. The zero-order valence-corrected chi connectivity index (χ0v) is 15.0. The quantitative estimate of drug-likeness (QED) is 0.521. The number of anilines is 1. The first-order valence-corrected chi connectivity index (χ1v) is 8.75. The normalized spacial score (nSPS) is 10.3. The molecule has 2 aromatic heterocycles. The van der Waals surface area contributed by atoms with Crippen LogP contribution in [0, 0.1) is 11.8 Å². The zero-order chi connectivity index (χ0) is 18.5. The van der Waals surface area contributed by atoms with Crippen molar-refractivity contribution >= 4 is 16.6 Å². The lowest BCUT2D eigenvalue weighted by atomic mass is 10.2. The van der Waals surface area contributed by atoms with E-state index in [1.54, 1.807) is 13.1 Å². The number of hydrogen-bond acceptors (Lipinski definition) is 3. The molecular formula is C23H19N3O. The minimum atomic E-state index is 0.559. The molecule has 0 saturated carbocycles. The standard InChI is InChI=1S/C23H19N3O/c1-2-6-20-16-21(11-13-24-20)25-26-14-12-19-15-22(9-10-23(19)26)27-17-18-7-4-3-5-8-18/h3-5,7-16H,17H2,1H3,(H,24,25). The van der Waals surface area contributed by atoms with Gasteiger partial charge in [0.15, 0.2) is 0 Å². The van der Waals surface area contributed by atoms with Gasteiger partial charge in [0.25, 0.3) is 0 Å². The maximum absolute atomic E-state index is 5.92. The maximum atomic E-state index is 5.92. The molecule has 27 heavy (non-hydrogen) atoms. The van der Waals surface area contributed by atoms with Crippen LogP contribution in [0.5, 0.6) is 5.75 Å². The second-order valence-electron chi connectivity index (χ2n) is 6.10. The lowest BCUT2D eigenvalue weighted by Crippen LogP contribution is -2.07. The minimum absolute atomic E-state index is 0.559. The van der Waals surface area contributed by atoms with Crippen molar-refractivity contribution in [2.45, 2.75) is 13.5 Å². The Bertz CT molecular complexity index is 1120. The van der Waals surface area contributed by atoms with E-state index in [9.17, 15) is 0 Å². The summed E-state index contributed by atoms with van der Waals surface area (Å²) in [6, 6.07) is 22.2. The van der Waals surface area contributed by atoms with Gasteiger partial charge in [-0.15, -0.1) is 0 Å². The maximum Gasteiger partial charge on any atom is 0.120 e. The first-order chi connectivity index (χ1) is 13.3. The van der Waals surface area contributed by atoms with Gasteiger partial charge < -0.3 is 4.74 Å². The van der Waals surface area contributed by atoms with Gasteiger partial charge in [0.2, 0.25) is 0 Å². The van der Waals surface area contributed by atoms with Crippen molar-refractivity contribution in [3.63, 3.8) is 0 Å². The van der Waals surface area contributed by atoms with Gasteiger partial charge in [0.1, 0.15) is 18.1 Å². The van der Waals surface area contributed by atoms with E-state index in [0.717, 1.165) is 33.6 Å². The molecule has 0 radical (unpaired) electrons. The second-order valence-corrected chi connectivity index (χ2v) is 6.10. The van der Waals surface area contributed by atoms with Crippen LogP contribution >= 0.6 is 0 Å². The van der Waals surface area contributed by atoms with Gasteiger partial charge in [-0.05, 0) is 54.8 Å². The van der Waals surface area contributed by atoms with Gasteiger partial charge in [-0.25, -0.2) is 4.98 Å². The third kappa shape index (κ3) is 3.94. The van der Waals surface area contributed by atoms with Crippen LogP contribution in [-0.2, 0) is 6.61 Å². The smallest absolute Gasteiger partial charge is 0.120 e. The van der Waals surface area contributed by atoms with E-state index in [0.29, 0.717) is 6.61 Å². The molecule has 0 aliphatic rings. The third-order valence-electron chi connectivity index (χ3n) is 4.17. The van der Waals surface area contributed by atoms with Crippen molar-refractivity contribution in [2.75, 3.05) is 5.43 Å². The van der Waals surface area contributed by atoms with E-state index in [4.69, 9.17) is 4.74 Å². The monoisotopic (exact) mass is 353 g/mol. The highest BCUT2D eigenvalue weighted by Crippen LogP contribution is 2.23.